The number of carbonyl (C=O) groups is 1. The number of amides is 1. The molecule has 1 fully saturated rings. The molecule has 9 heteroatoms. The summed E-state index contributed by atoms with van der Waals surface area (Å²) in [5.41, 5.74) is 0.116. The minimum atomic E-state index is -1.04. The Morgan fingerprint density at radius 3 is 2.96 bits per heavy atom. The maximum Gasteiger partial charge on any atom is 0.297 e. The van der Waals surface area contributed by atoms with Crippen LogP contribution in [0.2, 0.25) is 0 Å². The molecule has 2 aliphatic rings. The van der Waals surface area contributed by atoms with Crippen LogP contribution in [0.25, 0.3) is 0 Å². The molecular weight excluding hydrogens is 346 g/mol. The van der Waals surface area contributed by atoms with E-state index in [1.165, 1.54) is 6.07 Å². The van der Waals surface area contributed by atoms with Crippen LogP contribution in [-0.2, 0) is 9.57 Å². The van der Waals surface area contributed by atoms with Gasteiger partial charge in [-0.15, -0.1) is 0 Å². The van der Waals surface area contributed by atoms with Crippen molar-refractivity contribution >= 4 is 11.8 Å². The van der Waals surface area contributed by atoms with E-state index in [4.69, 9.17) is 9.57 Å². The molecule has 1 aromatic heterocycles. The number of rotatable bonds is 3. The van der Waals surface area contributed by atoms with Crippen molar-refractivity contribution in [2.75, 3.05) is 13.1 Å². The largest absolute Gasteiger partial charge is 0.430 e. The fraction of sp³-hybridized carbons (Fsp3) is 0.353. The summed E-state index contributed by atoms with van der Waals surface area (Å²) in [4.78, 5) is 26.5. The predicted octanol–water partition coefficient (Wildman–Crippen LogP) is 2.27. The number of nitrogens with zero attached hydrogens (tertiary/aromatic N) is 3. The van der Waals surface area contributed by atoms with Crippen LogP contribution in [0.3, 0.4) is 0 Å². The highest BCUT2D eigenvalue weighted by atomic mass is 19.2. The number of hydrogen-bond donors (Lipinski definition) is 1. The van der Waals surface area contributed by atoms with Crippen molar-refractivity contribution < 1.29 is 23.1 Å². The van der Waals surface area contributed by atoms with Gasteiger partial charge in [-0.05, 0) is 36.2 Å². The smallest absolute Gasteiger partial charge is 0.297 e. The van der Waals surface area contributed by atoms with Gasteiger partial charge in [0.15, 0.2) is 17.5 Å². The number of piperidine rings is 1. The summed E-state index contributed by atoms with van der Waals surface area (Å²) < 4.78 is 32.2. The zero-order valence-corrected chi connectivity index (χ0v) is 13.7. The van der Waals surface area contributed by atoms with Crippen LogP contribution in [0.15, 0.2) is 35.7 Å². The molecule has 1 unspecified atom stereocenters. The molecular formula is C17H16F2N4O3. The number of aromatic amines is 1. The van der Waals surface area contributed by atoms with Gasteiger partial charge in [-0.1, -0.05) is 0 Å². The number of ether oxygens (including phenoxy) is 1. The first-order valence-corrected chi connectivity index (χ1v) is 8.26. The van der Waals surface area contributed by atoms with Gasteiger partial charge in [0.2, 0.25) is 0 Å². The maximum atomic E-state index is 13.4. The fourth-order valence-electron chi connectivity index (χ4n) is 3.14. The second kappa shape index (κ2) is 6.74. The quantitative estimate of drug-likeness (QED) is 0.908. The minimum Gasteiger partial charge on any atom is -0.430 e. The van der Waals surface area contributed by atoms with Crippen molar-refractivity contribution in [3.63, 3.8) is 0 Å². The first-order valence-electron chi connectivity index (χ1n) is 8.26. The van der Waals surface area contributed by atoms with E-state index in [9.17, 15) is 13.6 Å². The molecule has 2 atom stereocenters. The number of carbonyl (C=O) groups excluding carboxylic acids is 1. The maximum absolute atomic E-state index is 13.4. The number of aromatic nitrogens is 2. The third kappa shape index (κ3) is 3.12. The van der Waals surface area contributed by atoms with E-state index < -0.39 is 17.9 Å². The SMILES string of the molecule is O=C(c1ccc(F)c(F)c1)N1CCC[C@H](C2ON=C(c3ncc[nH]3)O2)C1. The molecule has 1 amide bonds. The lowest BCUT2D eigenvalue weighted by atomic mass is 9.96. The van der Waals surface area contributed by atoms with Crippen LogP contribution in [0.1, 0.15) is 29.0 Å². The molecule has 2 aromatic rings. The molecule has 136 valence electrons. The molecule has 7 nitrogen and oxygen atoms in total. The number of nitrogens with one attached hydrogen (secondary N) is 1. The van der Waals surface area contributed by atoms with Gasteiger partial charge in [0, 0.05) is 31.0 Å². The lowest BCUT2D eigenvalue weighted by Gasteiger charge is -2.34. The van der Waals surface area contributed by atoms with Crippen LogP contribution in [0, 0.1) is 17.6 Å². The third-order valence-electron chi connectivity index (χ3n) is 4.46. The van der Waals surface area contributed by atoms with Crippen molar-refractivity contribution in [3.8, 4) is 0 Å². The number of benzene rings is 1. The lowest BCUT2D eigenvalue weighted by Crippen LogP contribution is -2.44. The van der Waals surface area contributed by atoms with Gasteiger partial charge in [-0.3, -0.25) is 4.79 Å². The second-order valence-electron chi connectivity index (χ2n) is 6.21. The van der Waals surface area contributed by atoms with Crippen molar-refractivity contribution in [2.45, 2.75) is 19.1 Å². The molecule has 0 radical (unpaired) electrons. The summed E-state index contributed by atoms with van der Waals surface area (Å²) in [6, 6.07) is 3.16. The summed E-state index contributed by atoms with van der Waals surface area (Å²) in [5.74, 6) is -1.72. The Balaban J connectivity index is 1.41. The Kier molecular flexibility index (Phi) is 4.27. The third-order valence-corrected chi connectivity index (χ3v) is 4.46. The van der Waals surface area contributed by atoms with E-state index in [-0.39, 0.29) is 23.3 Å². The molecule has 2 aliphatic heterocycles. The highest BCUT2D eigenvalue weighted by Gasteiger charge is 2.37. The van der Waals surface area contributed by atoms with Gasteiger partial charge in [0.1, 0.15) is 0 Å². The second-order valence-corrected chi connectivity index (χ2v) is 6.21. The Morgan fingerprint density at radius 2 is 2.19 bits per heavy atom. The van der Waals surface area contributed by atoms with Crippen LogP contribution >= 0.6 is 0 Å². The van der Waals surface area contributed by atoms with Crippen molar-refractivity contribution in [1.82, 2.24) is 14.9 Å². The molecule has 3 heterocycles. The average Bonchev–Trinajstić information content (AvgIpc) is 3.35. The summed E-state index contributed by atoms with van der Waals surface area (Å²) in [7, 11) is 0. The van der Waals surface area contributed by atoms with Gasteiger partial charge in [0.25, 0.3) is 18.1 Å². The molecule has 0 bridgehead atoms. The molecule has 1 saturated heterocycles. The van der Waals surface area contributed by atoms with Gasteiger partial charge in [0.05, 0.1) is 5.92 Å². The van der Waals surface area contributed by atoms with Crippen molar-refractivity contribution in [1.29, 1.82) is 0 Å². The monoisotopic (exact) mass is 362 g/mol. The molecule has 26 heavy (non-hydrogen) atoms. The zero-order chi connectivity index (χ0) is 18.1. The zero-order valence-electron chi connectivity index (χ0n) is 13.7. The molecule has 0 spiro atoms. The van der Waals surface area contributed by atoms with Crippen LogP contribution in [0.4, 0.5) is 8.78 Å². The van der Waals surface area contributed by atoms with E-state index in [1.807, 2.05) is 0 Å². The fourth-order valence-corrected chi connectivity index (χ4v) is 3.14. The summed E-state index contributed by atoms with van der Waals surface area (Å²) in [6.07, 6.45) is 4.16. The molecule has 1 N–H and O–H groups in total. The number of oxime groups is 1. The molecule has 0 saturated carbocycles. The standard InChI is InChI=1S/C17H16F2N4O3/c18-12-4-3-10(8-13(12)19)16(24)23-7-1-2-11(9-23)17-25-15(22-26-17)14-20-5-6-21-14/h3-6,8,11,17H,1-2,7,9H2,(H,20,21)/t11-,17?/m0/s1. The molecule has 4 rings (SSSR count). The van der Waals surface area contributed by atoms with E-state index in [2.05, 4.69) is 15.1 Å². The van der Waals surface area contributed by atoms with E-state index in [1.54, 1.807) is 17.3 Å². The molecule has 0 aliphatic carbocycles. The van der Waals surface area contributed by atoms with Gasteiger partial charge in [-0.2, -0.15) is 0 Å². The summed E-state index contributed by atoms with van der Waals surface area (Å²) in [5, 5.41) is 3.89. The van der Waals surface area contributed by atoms with E-state index in [0.29, 0.717) is 18.9 Å². The Hall–Kier alpha value is -2.97. The Bertz CT molecular complexity index is 841. The normalized spacial score (nSPS) is 22.5. The van der Waals surface area contributed by atoms with Crippen LogP contribution in [-0.4, -0.2) is 46.1 Å². The molecule has 1 aromatic carbocycles. The number of likely N-dealkylation sites (tertiary alicyclic amines) is 1. The minimum absolute atomic E-state index is 0.0887. The number of hydrogen-bond acceptors (Lipinski definition) is 5. The van der Waals surface area contributed by atoms with Crippen LogP contribution < -0.4 is 0 Å². The lowest BCUT2D eigenvalue weighted by molar-refractivity contribution is -0.100. The highest BCUT2D eigenvalue weighted by molar-refractivity contribution is 5.94. The average molecular weight is 362 g/mol. The first-order chi connectivity index (χ1) is 12.6. The van der Waals surface area contributed by atoms with E-state index in [0.717, 1.165) is 25.0 Å². The topological polar surface area (TPSA) is 79.8 Å². The Labute approximate surface area is 147 Å². The first kappa shape index (κ1) is 16.5. The highest BCUT2D eigenvalue weighted by Crippen LogP contribution is 2.27. The van der Waals surface area contributed by atoms with Gasteiger partial charge < -0.3 is 19.5 Å². The summed E-state index contributed by atoms with van der Waals surface area (Å²) in [6.45, 7) is 0.913. The van der Waals surface area contributed by atoms with Gasteiger partial charge >= 0.3 is 0 Å². The van der Waals surface area contributed by atoms with Gasteiger partial charge in [-0.25, -0.2) is 13.8 Å². The number of H-pyrrole nitrogens is 1. The Morgan fingerprint density at radius 1 is 1.31 bits per heavy atom. The van der Waals surface area contributed by atoms with Crippen molar-refractivity contribution in [2.24, 2.45) is 11.1 Å². The summed E-state index contributed by atoms with van der Waals surface area (Å²) >= 11 is 0. The number of halogens is 2. The predicted molar refractivity (Wildman–Crippen MR) is 86.1 cm³/mol. The van der Waals surface area contributed by atoms with Crippen LogP contribution in [0.5, 0.6) is 0 Å². The number of imidazole rings is 1. The van der Waals surface area contributed by atoms with Crippen molar-refractivity contribution in [3.05, 3.63) is 53.6 Å². The van der Waals surface area contributed by atoms with E-state index >= 15 is 0 Å².